The fraction of sp³-hybridized carbons (Fsp3) is 0.222. The Morgan fingerprint density at radius 1 is 1.15 bits per heavy atom. The second-order valence-electron chi connectivity index (χ2n) is 5.13. The predicted octanol–water partition coefficient (Wildman–Crippen LogP) is 3.95. The van der Waals surface area contributed by atoms with E-state index < -0.39 is 6.36 Å². The molecule has 26 heavy (non-hydrogen) atoms. The van der Waals surface area contributed by atoms with E-state index in [-0.39, 0.29) is 17.9 Å². The van der Waals surface area contributed by atoms with Crippen LogP contribution in [-0.2, 0) is 6.54 Å². The molecule has 3 aromatic rings. The summed E-state index contributed by atoms with van der Waals surface area (Å²) in [6.45, 7) is 4.08. The van der Waals surface area contributed by atoms with Crippen LogP contribution in [0.15, 0.2) is 53.5 Å². The number of hydrogen-bond acceptors (Lipinski definition) is 4. The van der Waals surface area contributed by atoms with Gasteiger partial charge in [0.15, 0.2) is 0 Å². The number of benzene rings is 2. The van der Waals surface area contributed by atoms with Crippen LogP contribution in [0.25, 0.3) is 11.0 Å². The van der Waals surface area contributed by atoms with Crippen LogP contribution in [0.3, 0.4) is 0 Å². The largest absolute Gasteiger partial charge is 0.573 e. The molecule has 0 saturated heterocycles. The van der Waals surface area contributed by atoms with Gasteiger partial charge in [-0.1, -0.05) is 26.0 Å². The third-order valence-electron chi connectivity index (χ3n) is 3.34. The summed E-state index contributed by atoms with van der Waals surface area (Å²) in [6, 6.07) is 10.4. The number of nitrogens with two attached hydrogens (primary N) is 1. The Kier molecular flexibility index (Phi) is 5.86. The van der Waals surface area contributed by atoms with Crippen LogP contribution >= 0.6 is 0 Å². The Hall–Kier alpha value is -3.03. The topological polar surface area (TPSA) is 70.1 Å². The standard InChI is InChI=1S/C16H12F3N3O2.C2H6/c17-16(18,19)24-12-3-1-2-10(6-12)9-22-14-5-4-11(20)7-13(14)21-8-15(22)23;1-2/h1-8H,9,20H2;1-2H3. The highest BCUT2D eigenvalue weighted by Crippen LogP contribution is 2.24. The van der Waals surface area contributed by atoms with Crippen molar-refractivity contribution < 1.29 is 17.9 Å². The summed E-state index contributed by atoms with van der Waals surface area (Å²) in [5.41, 5.74) is 7.38. The van der Waals surface area contributed by atoms with Gasteiger partial charge in [-0.2, -0.15) is 0 Å². The highest BCUT2D eigenvalue weighted by atomic mass is 19.4. The molecular formula is C18H18F3N3O2. The minimum absolute atomic E-state index is 0.0802. The number of rotatable bonds is 3. The number of anilines is 1. The van der Waals surface area contributed by atoms with Crippen LogP contribution < -0.4 is 16.0 Å². The minimum atomic E-state index is -4.77. The Labute approximate surface area is 147 Å². The Morgan fingerprint density at radius 3 is 2.58 bits per heavy atom. The molecule has 0 spiro atoms. The Balaban J connectivity index is 0.00000117. The van der Waals surface area contributed by atoms with Crippen LogP contribution in [0.5, 0.6) is 5.75 Å². The molecule has 0 unspecified atom stereocenters. The lowest BCUT2D eigenvalue weighted by molar-refractivity contribution is -0.274. The number of aromatic nitrogens is 2. The molecule has 3 rings (SSSR count). The molecule has 1 aromatic heterocycles. The monoisotopic (exact) mass is 365 g/mol. The molecule has 0 radical (unpaired) electrons. The van der Waals surface area contributed by atoms with Crippen molar-refractivity contribution in [3.63, 3.8) is 0 Å². The summed E-state index contributed by atoms with van der Waals surface area (Å²) in [7, 11) is 0. The summed E-state index contributed by atoms with van der Waals surface area (Å²) in [5, 5.41) is 0. The van der Waals surface area contributed by atoms with Gasteiger partial charge < -0.3 is 15.0 Å². The zero-order valence-corrected chi connectivity index (χ0v) is 14.2. The van der Waals surface area contributed by atoms with Gasteiger partial charge in [-0.3, -0.25) is 4.79 Å². The van der Waals surface area contributed by atoms with E-state index in [1.165, 1.54) is 22.8 Å². The van der Waals surface area contributed by atoms with E-state index in [1.54, 1.807) is 24.3 Å². The fourth-order valence-corrected chi connectivity index (χ4v) is 2.37. The van der Waals surface area contributed by atoms with Crippen molar-refractivity contribution in [1.82, 2.24) is 9.55 Å². The van der Waals surface area contributed by atoms with Gasteiger partial charge in [0.25, 0.3) is 5.56 Å². The van der Waals surface area contributed by atoms with Gasteiger partial charge in [-0.05, 0) is 35.9 Å². The fourth-order valence-electron chi connectivity index (χ4n) is 2.37. The van der Waals surface area contributed by atoms with E-state index >= 15 is 0 Å². The van der Waals surface area contributed by atoms with Crippen LogP contribution in [0.4, 0.5) is 18.9 Å². The molecular weight excluding hydrogens is 347 g/mol. The molecule has 0 bridgehead atoms. The lowest BCUT2D eigenvalue weighted by Gasteiger charge is -2.12. The highest BCUT2D eigenvalue weighted by molar-refractivity contribution is 5.78. The smallest absolute Gasteiger partial charge is 0.406 e. The van der Waals surface area contributed by atoms with Gasteiger partial charge in [0.05, 0.1) is 23.8 Å². The Morgan fingerprint density at radius 2 is 1.88 bits per heavy atom. The lowest BCUT2D eigenvalue weighted by atomic mass is 10.2. The molecule has 2 aromatic carbocycles. The molecule has 1 heterocycles. The Bertz CT molecular complexity index is 952. The molecule has 0 aliphatic heterocycles. The number of fused-ring (bicyclic) bond motifs is 1. The van der Waals surface area contributed by atoms with E-state index in [1.807, 2.05) is 13.8 Å². The maximum absolute atomic E-state index is 12.3. The number of nitrogen functional groups attached to an aromatic ring is 1. The van der Waals surface area contributed by atoms with Crippen LogP contribution in [0, 0.1) is 0 Å². The maximum atomic E-state index is 12.3. The average Bonchev–Trinajstić information content (AvgIpc) is 2.58. The molecule has 0 aliphatic carbocycles. The summed E-state index contributed by atoms with van der Waals surface area (Å²) < 4.78 is 42.2. The quantitative estimate of drug-likeness (QED) is 0.714. The summed E-state index contributed by atoms with van der Waals surface area (Å²) >= 11 is 0. The van der Waals surface area contributed by atoms with E-state index in [0.717, 1.165) is 6.20 Å². The first-order chi connectivity index (χ1) is 12.3. The highest BCUT2D eigenvalue weighted by Gasteiger charge is 2.31. The molecule has 0 atom stereocenters. The third kappa shape index (κ3) is 4.75. The maximum Gasteiger partial charge on any atom is 0.573 e. The predicted molar refractivity (Wildman–Crippen MR) is 94.0 cm³/mol. The van der Waals surface area contributed by atoms with E-state index in [9.17, 15) is 18.0 Å². The van der Waals surface area contributed by atoms with E-state index in [2.05, 4.69) is 9.72 Å². The molecule has 8 heteroatoms. The van der Waals surface area contributed by atoms with Crippen molar-refractivity contribution >= 4 is 16.7 Å². The third-order valence-corrected chi connectivity index (χ3v) is 3.34. The zero-order chi connectivity index (χ0) is 19.3. The number of alkyl halides is 3. The molecule has 2 N–H and O–H groups in total. The van der Waals surface area contributed by atoms with Crippen LogP contribution in [0.1, 0.15) is 19.4 Å². The molecule has 5 nitrogen and oxygen atoms in total. The van der Waals surface area contributed by atoms with Crippen molar-refractivity contribution in [3.05, 3.63) is 64.6 Å². The number of halogens is 3. The van der Waals surface area contributed by atoms with Gasteiger partial charge in [-0.15, -0.1) is 13.2 Å². The lowest BCUT2D eigenvalue weighted by Crippen LogP contribution is -2.21. The first kappa shape index (κ1) is 19.3. The van der Waals surface area contributed by atoms with Gasteiger partial charge in [-0.25, -0.2) is 4.98 Å². The molecule has 138 valence electrons. The molecule has 0 amide bonds. The molecule has 0 fully saturated rings. The van der Waals surface area contributed by atoms with Gasteiger partial charge in [0.1, 0.15) is 5.75 Å². The summed E-state index contributed by atoms with van der Waals surface area (Å²) in [6.07, 6.45) is -3.62. The van der Waals surface area contributed by atoms with Gasteiger partial charge >= 0.3 is 6.36 Å². The first-order valence-electron chi connectivity index (χ1n) is 7.91. The summed E-state index contributed by atoms with van der Waals surface area (Å²) in [4.78, 5) is 16.1. The summed E-state index contributed by atoms with van der Waals surface area (Å²) in [5.74, 6) is -0.337. The number of ether oxygens (including phenoxy) is 1. The number of nitrogens with zero attached hydrogens (tertiary/aromatic N) is 2. The second kappa shape index (κ2) is 7.90. The van der Waals surface area contributed by atoms with E-state index in [0.29, 0.717) is 22.3 Å². The minimum Gasteiger partial charge on any atom is -0.406 e. The SMILES string of the molecule is CC.Nc1ccc2c(c1)ncc(=O)n2Cc1cccc(OC(F)(F)F)c1. The van der Waals surface area contributed by atoms with Crippen LogP contribution in [-0.4, -0.2) is 15.9 Å². The second-order valence-corrected chi connectivity index (χ2v) is 5.13. The van der Waals surface area contributed by atoms with Gasteiger partial charge in [0, 0.05) is 5.69 Å². The van der Waals surface area contributed by atoms with Gasteiger partial charge in [0.2, 0.25) is 0 Å². The normalized spacial score (nSPS) is 11.0. The average molecular weight is 365 g/mol. The van der Waals surface area contributed by atoms with Crippen molar-refractivity contribution in [1.29, 1.82) is 0 Å². The van der Waals surface area contributed by atoms with Crippen molar-refractivity contribution in [3.8, 4) is 5.75 Å². The van der Waals surface area contributed by atoms with Crippen molar-refractivity contribution in [2.75, 3.05) is 5.73 Å². The zero-order valence-electron chi connectivity index (χ0n) is 14.2. The number of hydrogen-bond donors (Lipinski definition) is 1. The van der Waals surface area contributed by atoms with E-state index in [4.69, 9.17) is 5.73 Å². The van der Waals surface area contributed by atoms with Crippen molar-refractivity contribution in [2.24, 2.45) is 0 Å². The first-order valence-corrected chi connectivity index (χ1v) is 7.91. The molecule has 0 aliphatic rings. The van der Waals surface area contributed by atoms with Crippen LogP contribution in [0.2, 0.25) is 0 Å². The van der Waals surface area contributed by atoms with Crippen molar-refractivity contribution in [2.45, 2.75) is 26.8 Å². The molecule has 0 saturated carbocycles.